The zero-order valence-electron chi connectivity index (χ0n) is 16.8. The quantitative estimate of drug-likeness (QED) is 0.440. The number of amides is 1. The normalized spacial score (nSPS) is 14.6. The Morgan fingerprint density at radius 1 is 1.13 bits per heavy atom. The minimum atomic E-state index is -0.291. The van der Waals surface area contributed by atoms with Crippen molar-refractivity contribution in [2.45, 2.75) is 6.54 Å². The van der Waals surface area contributed by atoms with Crippen molar-refractivity contribution >= 4 is 34.1 Å². The molecule has 1 aromatic carbocycles. The number of pyridine rings is 1. The number of aromatic nitrogens is 3. The molecule has 5 rings (SSSR count). The molecule has 0 aliphatic carbocycles. The van der Waals surface area contributed by atoms with Gasteiger partial charge in [-0.1, -0.05) is 12.1 Å². The molecule has 0 saturated carbocycles. The number of carbonyl (C=O) groups is 1. The van der Waals surface area contributed by atoms with Crippen LogP contribution in [0.4, 0.5) is 17.2 Å². The predicted octanol–water partition coefficient (Wildman–Crippen LogP) is 3.38. The molecule has 3 N–H and O–H groups in total. The number of rotatable bonds is 6. The Balaban J connectivity index is 1.26. The Morgan fingerprint density at radius 3 is 2.81 bits per heavy atom. The van der Waals surface area contributed by atoms with Crippen LogP contribution in [0.3, 0.4) is 0 Å². The number of ether oxygens (including phenoxy) is 1. The Kier molecular flexibility index (Phi) is 5.34. The molecular formula is C22H22N6O3. The first-order valence-corrected chi connectivity index (χ1v) is 10.1. The van der Waals surface area contributed by atoms with Crippen molar-refractivity contribution in [3.8, 4) is 0 Å². The predicted molar refractivity (Wildman–Crippen MR) is 116 cm³/mol. The second-order valence-electron chi connectivity index (χ2n) is 7.32. The zero-order chi connectivity index (χ0) is 21.0. The van der Waals surface area contributed by atoms with Crippen LogP contribution in [0.5, 0.6) is 0 Å². The first-order valence-electron chi connectivity index (χ1n) is 10.1. The number of aromatic amines is 1. The number of hydrogen-bond acceptors (Lipinski definition) is 7. The van der Waals surface area contributed by atoms with Crippen molar-refractivity contribution in [2.75, 3.05) is 36.9 Å². The van der Waals surface area contributed by atoms with Crippen LogP contribution >= 0.6 is 0 Å². The Morgan fingerprint density at radius 2 is 1.97 bits per heavy atom. The van der Waals surface area contributed by atoms with Gasteiger partial charge < -0.3 is 19.8 Å². The topological polar surface area (TPSA) is 108 Å². The van der Waals surface area contributed by atoms with Gasteiger partial charge >= 0.3 is 0 Å². The summed E-state index contributed by atoms with van der Waals surface area (Å²) in [6, 6.07) is 11.5. The summed E-state index contributed by atoms with van der Waals surface area (Å²) in [5.74, 6) is 0.300. The maximum Gasteiger partial charge on any atom is 0.275 e. The third-order valence-electron chi connectivity index (χ3n) is 5.22. The minimum Gasteiger partial charge on any atom is -0.464 e. The number of carbonyl (C=O) groups excluding carboxylic acids is 1. The molecule has 3 aromatic heterocycles. The van der Waals surface area contributed by atoms with Gasteiger partial charge in [-0.25, -0.2) is 4.98 Å². The summed E-state index contributed by atoms with van der Waals surface area (Å²) in [7, 11) is 0. The van der Waals surface area contributed by atoms with E-state index in [1.165, 1.54) is 5.56 Å². The Hall–Kier alpha value is -3.69. The van der Waals surface area contributed by atoms with E-state index in [0.29, 0.717) is 28.5 Å². The first kappa shape index (κ1) is 19.3. The molecule has 4 heterocycles. The monoisotopic (exact) mass is 418 g/mol. The van der Waals surface area contributed by atoms with Gasteiger partial charge in [0.1, 0.15) is 17.1 Å². The highest BCUT2D eigenvalue weighted by Crippen LogP contribution is 2.26. The lowest BCUT2D eigenvalue weighted by atomic mass is 10.2. The fourth-order valence-electron chi connectivity index (χ4n) is 3.58. The summed E-state index contributed by atoms with van der Waals surface area (Å²) in [5, 5.41) is 13.7. The number of nitrogens with zero attached hydrogens (tertiary/aromatic N) is 3. The highest BCUT2D eigenvalue weighted by Gasteiger charge is 2.16. The summed E-state index contributed by atoms with van der Waals surface area (Å²) in [5.41, 5.74) is 3.47. The summed E-state index contributed by atoms with van der Waals surface area (Å²) in [4.78, 5) is 19.5. The SMILES string of the molecule is O=C(Nc1ccc(CN2CCOCC2)cc1)c1[nH]ncc1Nc1nccc2occc12. The molecule has 31 heavy (non-hydrogen) atoms. The number of morpholine rings is 1. The summed E-state index contributed by atoms with van der Waals surface area (Å²) in [6.45, 7) is 4.31. The van der Waals surface area contributed by atoms with Crippen molar-refractivity contribution in [2.24, 2.45) is 0 Å². The lowest BCUT2D eigenvalue weighted by Crippen LogP contribution is -2.35. The van der Waals surface area contributed by atoms with Crippen LogP contribution in [0.25, 0.3) is 11.0 Å². The van der Waals surface area contributed by atoms with E-state index in [1.807, 2.05) is 30.3 Å². The van der Waals surface area contributed by atoms with E-state index < -0.39 is 0 Å². The standard InChI is InChI=1S/C22H22N6O3/c29-22(25-16-3-1-15(2-4-16)14-28-8-11-30-12-9-28)20-18(13-24-27-20)26-21-17-6-10-31-19(17)5-7-23-21/h1-7,10,13H,8-9,11-12,14H2,(H,23,26)(H,24,27)(H,25,29). The van der Waals surface area contributed by atoms with Crippen molar-refractivity contribution < 1.29 is 13.9 Å². The highest BCUT2D eigenvalue weighted by atomic mass is 16.5. The van der Waals surface area contributed by atoms with Crippen LogP contribution in [0.2, 0.25) is 0 Å². The molecule has 0 spiro atoms. The van der Waals surface area contributed by atoms with Crippen LogP contribution in [0.1, 0.15) is 16.1 Å². The molecule has 9 nitrogen and oxygen atoms in total. The molecule has 0 atom stereocenters. The van der Waals surface area contributed by atoms with Gasteiger partial charge in [0, 0.05) is 31.5 Å². The number of anilines is 3. The lowest BCUT2D eigenvalue weighted by molar-refractivity contribution is 0.0342. The molecule has 1 saturated heterocycles. The van der Waals surface area contributed by atoms with Gasteiger partial charge in [-0.15, -0.1) is 0 Å². The Labute approximate surface area is 178 Å². The highest BCUT2D eigenvalue weighted by molar-refractivity contribution is 6.07. The van der Waals surface area contributed by atoms with Crippen LogP contribution < -0.4 is 10.6 Å². The molecule has 1 aliphatic rings. The smallest absolute Gasteiger partial charge is 0.275 e. The second kappa shape index (κ2) is 8.58. The third-order valence-corrected chi connectivity index (χ3v) is 5.22. The van der Waals surface area contributed by atoms with Gasteiger partial charge in [0.2, 0.25) is 0 Å². The van der Waals surface area contributed by atoms with E-state index in [9.17, 15) is 4.79 Å². The minimum absolute atomic E-state index is 0.291. The van der Waals surface area contributed by atoms with E-state index in [4.69, 9.17) is 9.15 Å². The van der Waals surface area contributed by atoms with Crippen molar-refractivity contribution in [3.05, 3.63) is 66.3 Å². The fraction of sp³-hybridized carbons (Fsp3) is 0.227. The van der Waals surface area contributed by atoms with E-state index in [1.54, 1.807) is 24.7 Å². The van der Waals surface area contributed by atoms with Crippen molar-refractivity contribution in [1.29, 1.82) is 0 Å². The van der Waals surface area contributed by atoms with E-state index in [0.717, 1.165) is 38.2 Å². The molecule has 0 radical (unpaired) electrons. The molecule has 158 valence electrons. The number of benzene rings is 1. The number of H-pyrrole nitrogens is 1. The van der Waals surface area contributed by atoms with Gasteiger partial charge in [-0.3, -0.25) is 14.8 Å². The molecule has 0 bridgehead atoms. The molecule has 4 aromatic rings. The van der Waals surface area contributed by atoms with Gasteiger partial charge in [-0.2, -0.15) is 5.10 Å². The average molecular weight is 418 g/mol. The molecular weight excluding hydrogens is 396 g/mol. The number of furan rings is 1. The Bertz CT molecular complexity index is 1180. The fourth-order valence-corrected chi connectivity index (χ4v) is 3.58. The lowest BCUT2D eigenvalue weighted by Gasteiger charge is -2.26. The zero-order valence-corrected chi connectivity index (χ0v) is 16.8. The van der Waals surface area contributed by atoms with E-state index in [-0.39, 0.29) is 5.91 Å². The first-order chi connectivity index (χ1) is 15.3. The summed E-state index contributed by atoms with van der Waals surface area (Å²) >= 11 is 0. The van der Waals surface area contributed by atoms with Crippen molar-refractivity contribution in [1.82, 2.24) is 20.1 Å². The maximum atomic E-state index is 12.8. The maximum absolute atomic E-state index is 12.8. The summed E-state index contributed by atoms with van der Waals surface area (Å²) < 4.78 is 10.8. The van der Waals surface area contributed by atoms with Crippen LogP contribution in [0, 0.1) is 0 Å². The molecule has 1 fully saturated rings. The third kappa shape index (κ3) is 4.27. The van der Waals surface area contributed by atoms with Crippen molar-refractivity contribution in [3.63, 3.8) is 0 Å². The van der Waals surface area contributed by atoms with Gasteiger partial charge in [-0.05, 0) is 29.8 Å². The van der Waals surface area contributed by atoms with E-state index >= 15 is 0 Å². The molecule has 9 heteroatoms. The average Bonchev–Trinajstić information content (AvgIpc) is 3.46. The van der Waals surface area contributed by atoms with Gasteiger partial charge in [0.05, 0.1) is 36.7 Å². The van der Waals surface area contributed by atoms with Crippen LogP contribution in [-0.4, -0.2) is 52.3 Å². The van der Waals surface area contributed by atoms with Crippen LogP contribution in [-0.2, 0) is 11.3 Å². The molecule has 1 aliphatic heterocycles. The molecule has 0 unspecified atom stereocenters. The number of nitrogens with one attached hydrogen (secondary N) is 3. The van der Waals surface area contributed by atoms with Crippen LogP contribution in [0.15, 0.2) is 59.5 Å². The summed E-state index contributed by atoms with van der Waals surface area (Å²) in [6.07, 6.45) is 4.80. The van der Waals surface area contributed by atoms with Gasteiger partial charge in [0.15, 0.2) is 0 Å². The number of fused-ring (bicyclic) bond motifs is 1. The van der Waals surface area contributed by atoms with E-state index in [2.05, 4.69) is 30.7 Å². The second-order valence-corrected chi connectivity index (χ2v) is 7.32. The molecule has 1 amide bonds. The van der Waals surface area contributed by atoms with Gasteiger partial charge in [0.25, 0.3) is 5.91 Å². The largest absolute Gasteiger partial charge is 0.464 e. The number of hydrogen-bond donors (Lipinski definition) is 3.